The van der Waals surface area contributed by atoms with Gasteiger partial charge in [0.25, 0.3) is 0 Å². The van der Waals surface area contributed by atoms with E-state index in [9.17, 15) is 0 Å². The Morgan fingerprint density at radius 3 is 2.67 bits per heavy atom. The summed E-state index contributed by atoms with van der Waals surface area (Å²) in [7, 11) is 1.71. The molecule has 96 valence electrons. The van der Waals surface area contributed by atoms with Crippen molar-refractivity contribution in [3.8, 4) is 0 Å². The summed E-state index contributed by atoms with van der Waals surface area (Å²) in [6.07, 6.45) is 2.39. The van der Waals surface area contributed by atoms with Crippen molar-refractivity contribution in [2.75, 3.05) is 13.7 Å². The summed E-state index contributed by atoms with van der Waals surface area (Å²) < 4.78 is 5.08. The highest BCUT2D eigenvalue weighted by Crippen LogP contribution is 2.05. The highest BCUT2D eigenvalue weighted by molar-refractivity contribution is 5.21. The van der Waals surface area contributed by atoms with Crippen molar-refractivity contribution < 1.29 is 4.74 Å². The second-order valence-corrected chi connectivity index (χ2v) is 4.11. The molecular weight excluding hydrogens is 228 g/mol. The lowest BCUT2D eigenvalue weighted by Gasteiger charge is -2.05. The minimum Gasteiger partial charge on any atom is -0.380 e. The van der Waals surface area contributed by atoms with E-state index in [0.29, 0.717) is 6.61 Å². The maximum atomic E-state index is 5.08. The van der Waals surface area contributed by atoms with Gasteiger partial charge in [0.05, 0.1) is 6.61 Å². The lowest BCUT2D eigenvalue weighted by atomic mass is 10.1. The van der Waals surface area contributed by atoms with Crippen LogP contribution in [-0.4, -0.2) is 28.8 Å². The van der Waals surface area contributed by atoms with Crippen molar-refractivity contribution in [1.82, 2.24) is 20.5 Å². The number of hydrogen-bond donors (Lipinski definition) is 2. The normalized spacial score (nSPS) is 10.7. The first-order valence-corrected chi connectivity index (χ1v) is 6.00. The van der Waals surface area contributed by atoms with E-state index in [1.54, 1.807) is 7.11 Å². The van der Waals surface area contributed by atoms with Gasteiger partial charge in [-0.15, -0.1) is 0 Å². The molecule has 0 fully saturated rings. The predicted molar refractivity (Wildman–Crippen MR) is 68.9 cm³/mol. The number of H-pyrrole nitrogens is 1. The van der Waals surface area contributed by atoms with Crippen LogP contribution >= 0.6 is 0 Å². The van der Waals surface area contributed by atoms with E-state index in [2.05, 4.69) is 44.8 Å². The van der Waals surface area contributed by atoms with Gasteiger partial charge in [0.1, 0.15) is 12.2 Å². The third-order valence-electron chi connectivity index (χ3n) is 2.67. The highest BCUT2D eigenvalue weighted by Gasteiger charge is 1.97. The smallest absolute Gasteiger partial charge is 0.137 e. The van der Waals surface area contributed by atoms with Crippen LogP contribution in [0.4, 0.5) is 0 Å². The number of nitrogens with one attached hydrogen (secondary N) is 2. The van der Waals surface area contributed by atoms with Crippen molar-refractivity contribution in [1.29, 1.82) is 0 Å². The van der Waals surface area contributed by atoms with Crippen molar-refractivity contribution >= 4 is 0 Å². The first kappa shape index (κ1) is 12.7. The number of benzene rings is 1. The van der Waals surface area contributed by atoms with Crippen molar-refractivity contribution in [2.24, 2.45) is 0 Å². The molecule has 2 N–H and O–H groups in total. The molecular formula is C13H18N4O. The second-order valence-electron chi connectivity index (χ2n) is 4.11. The number of methoxy groups -OCH3 is 1. The van der Waals surface area contributed by atoms with Gasteiger partial charge in [0, 0.05) is 26.6 Å². The zero-order chi connectivity index (χ0) is 12.6. The highest BCUT2D eigenvalue weighted by atomic mass is 16.5. The minimum atomic E-state index is 0.666. The van der Waals surface area contributed by atoms with Crippen LogP contribution in [0.5, 0.6) is 0 Å². The summed E-state index contributed by atoms with van der Waals surface area (Å²) in [6.45, 7) is 2.41. The van der Waals surface area contributed by atoms with Crippen LogP contribution in [-0.2, 0) is 24.3 Å². The molecule has 5 heteroatoms. The zero-order valence-electron chi connectivity index (χ0n) is 10.5. The van der Waals surface area contributed by atoms with Crippen LogP contribution in [0.1, 0.15) is 17.0 Å². The van der Waals surface area contributed by atoms with Crippen LogP contribution in [0.2, 0.25) is 0 Å². The van der Waals surface area contributed by atoms with Gasteiger partial charge in [-0.2, -0.15) is 5.10 Å². The Morgan fingerprint density at radius 2 is 2.00 bits per heavy atom. The second kappa shape index (κ2) is 6.88. The molecule has 1 heterocycles. The molecule has 0 aliphatic heterocycles. The molecule has 0 saturated carbocycles. The van der Waals surface area contributed by atoms with Gasteiger partial charge >= 0.3 is 0 Å². The Hall–Kier alpha value is -1.72. The fraction of sp³-hybridized carbons (Fsp3) is 0.385. The molecule has 5 nitrogen and oxygen atoms in total. The predicted octanol–water partition coefficient (Wildman–Crippen LogP) is 1.28. The number of ether oxygens (including phenoxy) is 1. The van der Waals surface area contributed by atoms with Crippen molar-refractivity contribution in [2.45, 2.75) is 19.6 Å². The SMILES string of the molecule is COCc1ccc(CNCCc2ncn[nH]2)cc1. The molecule has 1 aromatic heterocycles. The number of nitrogens with zero attached hydrogens (tertiary/aromatic N) is 2. The summed E-state index contributed by atoms with van der Waals surface area (Å²) in [4.78, 5) is 4.07. The molecule has 0 atom stereocenters. The van der Waals surface area contributed by atoms with Gasteiger partial charge in [-0.25, -0.2) is 4.98 Å². The third-order valence-corrected chi connectivity index (χ3v) is 2.67. The molecule has 18 heavy (non-hydrogen) atoms. The van der Waals surface area contributed by atoms with Crippen LogP contribution in [0, 0.1) is 0 Å². The average Bonchev–Trinajstić information content (AvgIpc) is 2.90. The molecule has 2 rings (SSSR count). The van der Waals surface area contributed by atoms with Gasteiger partial charge < -0.3 is 10.1 Å². The molecule has 0 amide bonds. The molecule has 0 radical (unpaired) electrons. The topological polar surface area (TPSA) is 62.8 Å². The van der Waals surface area contributed by atoms with E-state index in [1.807, 2.05) is 0 Å². The van der Waals surface area contributed by atoms with Crippen molar-refractivity contribution in [3.63, 3.8) is 0 Å². The van der Waals surface area contributed by atoms with Crippen LogP contribution in [0.3, 0.4) is 0 Å². The van der Waals surface area contributed by atoms with Crippen LogP contribution < -0.4 is 5.32 Å². The molecule has 0 aliphatic rings. The van der Waals surface area contributed by atoms with Crippen LogP contribution in [0.15, 0.2) is 30.6 Å². The Labute approximate surface area is 107 Å². The van der Waals surface area contributed by atoms with Crippen LogP contribution in [0.25, 0.3) is 0 Å². The first-order valence-electron chi connectivity index (χ1n) is 6.00. The van der Waals surface area contributed by atoms with Gasteiger partial charge in [-0.05, 0) is 11.1 Å². The van der Waals surface area contributed by atoms with Crippen molar-refractivity contribution in [3.05, 3.63) is 47.5 Å². The molecule has 0 spiro atoms. The lowest BCUT2D eigenvalue weighted by Crippen LogP contribution is -2.17. The molecule has 2 aromatic rings. The Morgan fingerprint density at radius 1 is 1.22 bits per heavy atom. The maximum Gasteiger partial charge on any atom is 0.137 e. The zero-order valence-corrected chi connectivity index (χ0v) is 10.5. The monoisotopic (exact) mass is 246 g/mol. The number of rotatable bonds is 7. The fourth-order valence-corrected chi connectivity index (χ4v) is 1.71. The largest absolute Gasteiger partial charge is 0.380 e. The number of aromatic nitrogens is 3. The summed E-state index contributed by atoms with van der Waals surface area (Å²) in [6, 6.07) is 8.43. The fourth-order valence-electron chi connectivity index (χ4n) is 1.71. The van der Waals surface area contributed by atoms with E-state index in [0.717, 1.165) is 25.3 Å². The van der Waals surface area contributed by atoms with E-state index < -0.39 is 0 Å². The first-order chi connectivity index (χ1) is 8.88. The summed E-state index contributed by atoms with van der Waals surface area (Å²) in [5.41, 5.74) is 2.47. The van der Waals surface area contributed by atoms with Gasteiger partial charge in [-0.3, -0.25) is 5.10 Å². The molecule has 0 aliphatic carbocycles. The number of hydrogen-bond acceptors (Lipinski definition) is 4. The van der Waals surface area contributed by atoms with Gasteiger partial charge in [-0.1, -0.05) is 24.3 Å². The number of aromatic amines is 1. The summed E-state index contributed by atoms with van der Waals surface area (Å²) >= 11 is 0. The van der Waals surface area contributed by atoms with E-state index in [4.69, 9.17) is 4.74 Å². The Balaban J connectivity index is 1.69. The third kappa shape index (κ3) is 3.94. The maximum absolute atomic E-state index is 5.08. The molecule has 1 aromatic carbocycles. The average molecular weight is 246 g/mol. The quantitative estimate of drug-likeness (QED) is 0.722. The minimum absolute atomic E-state index is 0.666. The van der Waals surface area contributed by atoms with E-state index >= 15 is 0 Å². The van der Waals surface area contributed by atoms with E-state index in [-0.39, 0.29) is 0 Å². The van der Waals surface area contributed by atoms with Gasteiger partial charge in [0.2, 0.25) is 0 Å². The Bertz CT molecular complexity index is 439. The summed E-state index contributed by atoms with van der Waals surface area (Å²) in [5.74, 6) is 0.915. The molecule has 0 unspecified atom stereocenters. The summed E-state index contributed by atoms with van der Waals surface area (Å²) in [5, 5.41) is 10.0. The molecule has 0 bridgehead atoms. The standard InChI is InChI=1S/C13H18N4O/c1-18-9-12-4-2-11(3-5-12)8-14-7-6-13-15-10-16-17-13/h2-5,10,14H,6-9H2,1H3,(H,15,16,17). The Kier molecular flexibility index (Phi) is 4.87. The lowest BCUT2D eigenvalue weighted by molar-refractivity contribution is 0.185. The molecule has 0 saturated heterocycles. The van der Waals surface area contributed by atoms with Gasteiger partial charge in [0.15, 0.2) is 0 Å². The van der Waals surface area contributed by atoms with E-state index in [1.165, 1.54) is 17.5 Å².